The van der Waals surface area contributed by atoms with Gasteiger partial charge in [0.25, 0.3) is 0 Å². The maximum absolute atomic E-state index is 12.2. The van der Waals surface area contributed by atoms with Crippen molar-refractivity contribution in [3.8, 4) is 0 Å². The molecule has 2 heterocycles. The lowest BCUT2D eigenvalue weighted by Gasteiger charge is -2.47. The molecule has 0 spiro atoms. The van der Waals surface area contributed by atoms with Gasteiger partial charge in [-0.2, -0.15) is 0 Å². The van der Waals surface area contributed by atoms with Crippen LogP contribution in [0, 0.1) is 11.8 Å². The number of alkyl halides is 2. The molecule has 9 atom stereocenters. The third-order valence-electron chi connectivity index (χ3n) is 7.13. The van der Waals surface area contributed by atoms with Crippen molar-refractivity contribution in [1.29, 1.82) is 0 Å². The Labute approximate surface area is 232 Å². The number of allylic oxidation sites excluding steroid dienone is 1. The SMILES string of the molecule is CC(=O)OC(C=C(C)C)C(OC(C)=O)C1=CO[C@H](OC(C)=O)[C@@H]2[C@@H]1CC[C@@](O)(CCl)[C@H]1O[C@@H]1C[C@@]2(O)CCl. The molecule has 38 heavy (non-hydrogen) atoms. The molecule has 12 heteroatoms. The minimum Gasteiger partial charge on any atom is -0.462 e. The van der Waals surface area contributed by atoms with Gasteiger partial charge in [-0.1, -0.05) is 5.57 Å². The lowest BCUT2D eigenvalue weighted by Crippen LogP contribution is -2.55. The second-order valence-electron chi connectivity index (χ2n) is 10.5. The molecule has 0 aromatic heterocycles. The van der Waals surface area contributed by atoms with Crippen LogP contribution >= 0.6 is 23.2 Å². The molecule has 3 rings (SSSR count). The van der Waals surface area contributed by atoms with E-state index in [4.69, 9.17) is 46.9 Å². The van der Waals surface area contributed by atoms with E-state index < -0.39 is 71.7 Å². The molecule has 0 aromatic carbocycles. The molecular weight excluding hydrogens is 543 g/mol. The summed E-state index contributed by atoms with van der Waals surface area (Å²) in [6, 6.07) is 0. The number of fused-ring (bicyclic) bond motifs is 2. The average Bonchev–Trinajstić information content (AvgIpc) is 3.58. The summed E-state index contributed by atoms with van der Waals surface area (Å²) in [5.74, 6) is -3.92. The van der Waals surface area contributed by atoms with Crippen LogP contribution in [-0.4, -0.2) is 81.8 Å². The molecule has 0 bridgehead atoms. The Hall–Kier alpha value is -1.85. The first-order valence-corrected chi connectivity index (χ1v) is 13.6. The van der Waals surface area contributed by atoms with E-state index in [1.807, 2.05) is 0 Å². The molecule has 1 saturated carbocycles. The van der Waals surface area contributed by atoms with E-state index in [0.29, 0.717) is 5.57 Å². The monoisotopic (exact) mass is 578 g/mol. The summed E-state index contributed by atoms with van der Waals surface area (Å²) in [5, 5.41) is 23.2. The Balaban J connectivity index is 2.18. The fraction of sp³-hybridized carbons (Fsp3) is 0.731. The number of epoxide rings is 1. The van der Waals surface area contributed by atoms with E-state index in [2.05, 4.69) is 0 Å². The van der Waals surface area contributed by atoms with E-state index in [-0.39, 0.29) is 31.0 Å². The number of hydrogen-bond acceptors (Lipinski definition) is 10. The molecule has 3 aliphatic rings. The predicted molar refractivity (Wildman–Crippen MR) is 136 cm³/mol. The van der Waals surface area contributed by atoms with Gasteiger partial charge >= 0.3 is 17.9 Å². The number of halogens is 2. The number of esters is 3. The highest BCUT2D eigenvalue weighted by Gasteiger charge is 2.62. The van der Waals surface area contributed by atoms with Gasteiger partial charge in [0.2, 0.25) is 6.29 Å². The normalized spacial score (nSPS) is 35.7. The highest BCUT2D eigenvalue weighted by Crippen LogP contribution is 2.51. The summed E-state index contributed by atoms with van der Waals surface area (Å²) < 4.78 is 28.2. The second kappa shape index (κ2) is 12.1. The molecule has 2 unspecified atom stereocenters. The van der Waals surface area contributed by atoms with Crippen LogP contribution in [0.15, 0.2) is 23.5 Å². The van der Waals surface area contributed by atoms with Crippen molar-refractivity contribution >= 4 is 41.1 Å². The summed E-state index contributed by atoms with van der Waals surface area (Å²) in [5.41, 5.74) is -1.92. The van der Waals surface area contributed by atoms with Crippen molar-refractivity contribution in [1.82, 2.24) is 0 Å². The smallest absolute Gasteiger partial charge is 0.305 e. The topological polar surface area (TPSA) is 141 Å². The van der Waals surface area contributed by atoms with Gasteiger partial charge in [0.1, 0.15) is 11.7 Å². The number of carbonyl (C=O) groups is 3. The molecule has 1 saturated heterocycles. The van der Waals surface area contributed by atoms with Gasteiger partial charge in [0.15, 0.2) is 12.2 Å². The minimum atomic E-state index is -1.68. The first-order valence-electron chi connectivity index (χ1n) is 12.5. The van der Waals surface area contributed by atoms with Gasteiger partial charge < -0.3 is 33.9 Å². The zero-order valence-corrected chi connectivity index (χ0v) is 23.7. The molecular formula is C26H36Cl2O10. The number of aliphatic hydroxyl groups is 2. The van der Waals surface area contributed by atoms with Crippen molar-refractivity contribution in [3.63, 3.8) is 0 Å². The first kappa shape index (κ1) is 30.7. The van der Waals surface area contributed by atoms with Gasteiger partial charge in [0, 0.05) is 32.8 Å². The molecule has 1 aliphatic carbocycles. The first-order chi connectivity index (χ1) is 17.7. The number of ether oxygens (including phenoxy) is 5. The van der Waals surface area contributed by atoms with Crippen LogP contribution in [0.25, 0.3) is 0 Å². The van der Waals surface area contributed by atoms with Crippen LogP contribution in [0.3, 0.4) is 0 Å². The zero-order chi connectivity index (χ0) is 28.4. The Kier molecular flexibility index (Phi) is 9.79. The fourth-order valence-electron chi connectivity index (χ4n) is 5.53. The van der Waals surface area contributed by atoms with Crippen molar-refractivity contribution in [2.24, 2.45) is 11.8 Å². The van der Waals surface area contributed by atoms with E-state index in [1.54, 1.807) is 19.9 Å². The highest BCUT2D eigenvalue weighted by molar-refractivity contribution is 6.19. The van der Waals surface area contributed by atoms with Crippen LogP contribution in [0.5, 0.6) is 0 Å². The average molecular weight is 579 g/mol. The van der Waals surface area contributed by atoms with Crippen LogP contribution in [0.1, 0.15) is 53.9 Å². The molecule has 0 aromatic rings. The van der Waals surface area contributed by atoms with Gasteiger partial charge in [-0.15, -0.1) is 23.2 Å². The predicted octanol–water partition coefficient (Wildman–Crippen LogP) is 2.74. The summed E-state index contributed by atoms with van der Waals surface area (Å²) >= 11 is 12.5. The standard InChI is InChI=1S/C26H36Cl2O10/c1-13(2)8-19(35-14(3)29)22(36-15(4)30)18-10-34-24(37-16(5)31)21-17(18)6-7-25(32,11-27)23-20(38-23)9-26(21,33)12-28/h8,10,17,19-24,32-33H,6-7,9,11-12H2,1-5H3/t17-,19?,20-,21+,22?,23+,24-,25-,26-/m1/s1. The molecule has 0 radical (unpaired) electrons. The van der Waals surface area contributed by atoms with Crippen molar-refractivity contribution in [3.05, 3.63) is 23.5 Å². The van der Waals surface area contributed by atoms with E-state index >= 15 is 0 Å². The summed E-state index contributed by atoms with van der Waals surface area (Å²) in [4.78, 5) is 36.2. The molecule has 214 valence electrons. The maximum atomic E-state index is 12.2. The van der Waals surface area contributed by atoms with Gasteiger partial charge in [-0.3, -0.25) is 14.4 Å². The van der Waals surface area contributed by atoms with E-state index in [0.717, 1.165) is 5.57 Å². The largest absolute Gasteiger partial charge is 0.462 e. The molecule has 2 fully saturated rings. The van der Waals surface area contributed by atoms with Crippen LogP contribution in [0.4, 0.5) is 0 Å². The molecule has 2 N–H and O–H groups in total. The Morgan fingerprint density at radius 1 is 1.05 bits per heavy atom. The Morgan fingerprint density at radius 3 is 2.21 bits per heavy atom. The minimum absolute atomic E-state index is 0.00944. The van der Waals surface area contributed by atoms with Crippen molar-refractivity contribution < 1.29 is 48.3 Å². The third-order valence-corrected chi connectivity index (χ3v) is 8.06. The van der Waals surface area contributed by atoms with Crippen molar-refractivity contribution in [2.75, 3.05) is 11.8 Å². The number of hydrogen-bond donors (Lipinski definition) is 2. The maximum Gasteiger partial charge on any atom is 0.305 e. The Bertz CT molecular complexity index is 979. The summed E-state index contributed by atoms with van der Waals surface area (Å²) in [7, 11) is 0. The van der Waals surface area contributed by atoms with E-state index in [1.165, 1.54) is 27.0 Å². The van der Waals surface area contributed by atoms with Crippen LogP contribution in [-0.2, 0) is 38.1 Å². The zero-order valence-electron chi connectivity index (χ0n) is 22.1. The number of carbonyl (C=O) groups excluding carboxylic acids is 3. The number of rotatable bonds is 8. The fourth-order valence-corrected chi connectivity index (χ4v) is 6.10. The van der Waals surface area contributed by atoms with Gasteiger partial charge in [-0.05, 0) is 38.7 Å². The summed E-state index contributed by atoms with van der Waals surface area (Å²) in [6.07, 6.45) is -1.24. The highest BCUT2D eigenvalue weighted by atomic mass is 35.5. The third kappa shape index (κ3) is 6.83. The summed E-state index contributed by atoms with van der Waals surface area (Å²) in [6.45, 7) is 7.27. The quantitative estimate of drug-likeness (QED) is 0.145. The van der Waals surface area contributed by atoms with Crippen molar-refractivity contribution in [2.45, 2.75) is 95.8 Å². The van der Waals surface area contributed by atoms with Crippen LogP contribution in [0.2, 0.25) is 0 Å². The second-order valence-corrected chi connectivity index (χ2v) is 11.1. The van der Waals surface area contributed by atoms with Gasteiger partial charge in [-0.25, -0.2) is 0 Å². The van der Waals surface area contributed by atoms with E-state index in [9.17, 15) is 24.6 Å². The molecule has 2 aliphatic heterocycles. The van der Waals surface area contributed by atoms with Gasteiger partial charge in [0.05, 0.1) is 35.6 Å². The lowest BCUT2D eigenvalue weighted by atomic mass is 9.69. The Morgan fingerprint density at radius 2 is 1.68 bits per heavy atom. The lowest BCUT2D eigenvalue weighted by molar-refractivity contribution is -0.213. The van der Waals surface area contributed by atoms with Crippen LogP contribution < -0.4 is 0 Å². The molecule has 0 amide bonds. The molecule has 10 nitrogen and oxygen atoms in total.